The number of likely N-dealkylation sites (tertiary alicyclic amines) is 1. The van der Waals surface area contributed by atoms with E-state index in [1.807, 2.05) is 4.90 Å². The van der Waals surface area contributed by atoms with Gasteiger partial charge in [-0.2, -0.15) is 0 Å². The summed E-state index contributed by atoms with van der Waals surface area (Å²) in [6.45, 7) is 4.55. The van der Waals surface area contributed by atoms with Crippen molar-refractivity contribution >= 4 is 5.91 Å². The maximum atomic E-state index is 12.2. The van der Waals surface area contributed by atoms with Crippen molar-refractivity contribution in [2.75, 3.05) is 19.6 Å². The zero-order valence-corrected chi connectivity index (χ0v) is 9.98. The SMILES string of the molecule is CCC1CCCN(C(=O)C2CC(O)CN2)C1. The minimum absolute atomic E-state index is 0.148. The molecular weight excluding hydrogens is 204 g/mol. The van der Waals surface area contributed by atoms with Crippen LogP contribution in [0.25, 0.3) is 0 Å². The molecule has 92 valence electrons. The largest absolute Gasteiger partial charge is 0.392 e. The molecule has 0 aromatic rings. The number of piperidine rings is 1. The summed E-state index contributed by atoms with van der Waals surface area (Å²) in [5.41, 5.74) is 0. The normalized spacial score (nSPS) is 35.4. The second-order valence-corrected chi connectivity index (χ2v) is 5.05. The molecule has 4 nitrogen and oxygen atoms in total. The Morgan fingerprint density at radius 1 is 1.56 bits per heavy atom. The fourth-order valence-electron chi connectivity index (χ4n) is 2.72. The number of hydrogen-bond donors (Lipinski definition) is 2. The van der Waals surface area contributed by atoms with E-state index in [0.29, 0.717) is 18.9 Å². The Kier molecular flexibility index (Phi) is 3.82. The highest BCUT2D eigenvalue weighted by Crippen LogP contribution is 2.21. The molecule has 0 radical (unpaired) electrons. The van der Waals surface area contributed by atoms with E-state index in [2.05, 4.69) is 12.2 Å². The first-order chi connectivity index (χ1) is 7.70. The van der Waals surface area contributed by atoms with Crippen molar-refractivity contribution < 1.29 is 9.90 Å². The summed E-state index contributed by atoms with van der Waals surface area (Å²) < 4.78 is 0. The first-order valence-electron chi connectivity index (χ1n) is 6.41. The predicted octanol–water partition coefficient (Wildman–Crippen LogP) is 0.358. The van der Waals surface area contributed by atoms with Gasteiger partial charge in [0.25, 0.3) is 0 Å². The number of amides is 1. The van der Waals surface area contributed by atoms with E-state index in [-0.39, 0.29) is 18.1 Å². The van der Waals surface area contributed by atoms with Crippen LogP contribution < -0.4 is 5.32 Å². The molecule has 2 rings (SSSR count). The molecule has 2 aliphatic rings. The molecule has 0 spiro atoms. The molecule has 3 atom stereocenters. The second-order valence-electron chi connectivity index (χ2n) is 5.05. The van der Waals surface area contributed by atoms with E-state index in [1.54, 1.807) is 0 Å². The van der Waals surface area contributed by atoms with E-state index >= 15 is 0 Å². The minimum Gasteiger partial charge on any atom is -0.392 e. The third-order valence-corrected chi connectivity index (χ3v) is 3.81. The molecule has 2 fully saturated rings. The molecule has 2 saturated heterocycles. The molecular formula is C12H22N2O2. The summed E-state index contributed by atoms with van der Waals surface area (Å²) in [5.74, 6) is 0.860. The summed E-state index contributed by atoms with van der Waals surface area (Å²) in [5, 5.41) is 12.5. The number of aliphatic hydroxyl groups excluding tert-OH is 1. The Balaban J connectivity index is 1.89. The van der Waals surface area contributed by atoms with Gasteiger partial charge in [0.2, 0.25) is 5.91 Å². The van der Waals surface area contributed by atoms with Crippen LogP contribution in [0, 0.1) is 5.92 Å². The maximum Gasteiger partial charge on any atom is 0.239 e. The molecule has 0 bridgehead atoms. The van der Waals surface area contributed by atoms with Gasteiger partial charge < -0.3 is 15.3 Å². The van der Waals surface area contributed by atoms with E-state index < -0.39 is 0 Å². The van der Waals surface area contributed by atoms with Gasteiger partial charge in [0, 0.05) is 19.6 Å². The number of aliphatic hydroxyl groups is 1. The predicted molar refractivity (Wildman–Crippen MR) is 62.0 cm³/mol. The van der Waals surface area contributed by atoms with Crippen molar-refractivity contribution in [3.8, 4) is 0 Å². The summed E-state index contributed by atoms with van der Waals surface area (Å²) in [4.78, 5) is 14.1. The molecule has 3 unspecified atom stereocenters. The van der Waals surface area contributed by atoms with Crippen molar-refractivity contribution in [1.29, 1.82) is 0 Å². The van der Waals surface area contributed by atoms with Crippen LogP contribution in [0.4, 0.5) is 0 Å². The summed E-state index contributed by atoms with van der Waals surface area (Å²) in [7, 11) is 0. The van der Waals surface area contributed by atoms with Crippen molar-refractivity contribution in [2.24, 2.45) is 5.92 Å². The van der Waals surface area contributed by atoms with Crippen LogP contribution >= 0.6 is 0 Å². The van der Waals surface area contributed by atoms with Gasteiger partial charge in [-0.15, -0.1) is 0 Å². The van der Waals surface area contributed by atoms with Crippen LogP contribution in [0.1, 0.15) is 32.6 Å². The number of carbonyl (C=O) groups is 1. The van der Waals surface area contributed by atoms with Crippen molar-refractivity contribution in [3.05, 3.63) is 0 Å². The lowest BCUT2D eigenvalue weighted by Crippen LogP contribution is -2.47. The molecule has 0 aromatic heterocycles. The van der Waals surface area contributed by atoms with Crippen molar-refractivity contribution in [3.63, 3.8) is 0 Å². The zero-order chi connectivity index (χ0) is 11.5. The van der Waals surface area contributed by atoms with Crippen LogP contribution in [0.15, 0.2) is 0 Å². The number of nitrogens with zero attached hydrogens (tertiary/aromatic N) is 1. The number of hydrogen-bond acceptors (Lipinski definition) is 3. The van der Waals surface area contributed by atoms with Gasteiger partial charge in [-0.3, -0.25) is 4.79 Å². The molecule has 2 N–H and O–H groups in total. The smallest absolute Gasteiger partial charge is 0.239 e. The Labute approximate surface area is 97.0 Å². The fraction of sp³-hybridized carbons (Fsp3) is 0.917. The highest BCUT2D eigenvalue weighted by Gasteiger charge is 2.33. The second kappa shape index (κ2) is 5.15. The minimum atomic E-state index is -0.347. The summed E-state index contributed by atoms with van der Waals surface area (Å²) in [6, 6.07) is -0.148. The van der Waals surface area contributed by atoms with E-state index in [0.717, 1.165) is 25.9 Å². The van der Waals surface area contributed by atoms with Crippen LogP contribution in [0.3, 0.4) is 0 Å². The molecule has 2 heterocycles. The molecule has 2 aliphatic heterocycles. The third-order valence-electron chi connectivity index (χ3n) is 3.81. The maximum absolute atomic E-state index is 12.2. The van der Waals surface area contributed by atoms with Crippen molar-refractivity contribution in [2.45, 2.75) is 44.8 Å². The van der Waals surface area contributed by atoms with Gasteiger partial charge >= 0.3 is 0 Å². The van der Waals surface area contributed by atoms with Gasteiger partial charge in [-0.1, -0.05) is 13.3 Å². The number of carbonyl (C=O) groups excluding carboxylic acids is 1. The van der Waals surface area contributed by atoms with Gasteiger partial charge in [0.1, 0.15) is 0 Å². The lowest BCUT2D eigenvalue weighted by molar-refractivity contribution is -0.135. The van der Waals surface area contributed by atoms with Crippen molar-refractivity contribution in [1.82, 2.24) is 10.2 Å². The highest BCUT2D eigenvalue weighted by molar-refractivity contribution is 5.82. The average Bonchev–Trinajstić information content (AvgIpc) is 2.75. The van der Waals surface area contributed by atoms with Gasteiger partial charge in [0.15, 0.2) is 0 Å². The van der Waals surface area contributed by atoms with Crippen LogP contribution in [0.5, 0.6) is 0 Å². The Hall–Kier alpha value is -0.610. The number of nitrogens with one attached hydrogen (secondary N) is 1. The molecule has 16 heavy (non-hydrogen) atoms. The van der Waals surface area contributed by atoms with Crippen LogP contribution in [0.2, 0.25) is 0 Å². The topological polar surface area (TPSA) is 52.6 Å². The monoisotopic (exact) mass is 226 g/mol. The lowest BCUT2D eigenvalue weighted by atomic mass is 9.95. The van der Waals surface area contributed by atoms with E-state index in [1.165, 1.54) is 6.42 Å². The zero-order valence-electron chi connectivity index (χ0n) is 9.98. The molecule has 1 amide bonds. The lowest BCUT2D eigenvalue weighted by Gasteiger charge is -2.33. The molecule has 0 saturated carbocycles. The van der Waals surface area contributed by atoms with E-state index in [4.69, 9.17) is 0 Å². The van der Waals surface area contributed by atoms with Gasteiger partial charge in [0.05, 0.1) is 12.1 Å². The molecule has 0 aromatic carbocycles. The van der Waals surface area contributed by atoms with E-state index in [9.17, 15) is 9.90 Å². The Morgan fingerprint density at radius 2 is 2.38 bits per heavy atom. The molecule has 4 heteroatoms. The summed E-state index contributed by atoms with van der Waals surface area (Å²) >= 11 is 0. The first-order valence-corrected chi connectivity index (χ1v) is 6.41. The standard InChI is InChI=1S/C12H22N2O2/c1-2-9-4-3-5-14(8-9)12(16)11-6-10(15)7-13-11/h9-11,13,15H,2-8H2,1H3. The quantitative estimate of drug-likeness (QED) is 0.715. The fourth-order valence-corrected chi connectivity index (χ4v) is 2.72. The number of β-amino-alcohol motifs (C(OH)–C–C–N with tert-alkyl or cyclic N) is 1. The number of rotatable bonds is 2. The molecule has 0 aliphatic carbocycles. The third kappa shape index (κ3) is 2.55. The Bertz CT molecular complexity index is 257. The first kappa shape index (κ1) is 11.9. The summed E-state index contributed by atoms with van der Waals surface area (Å²) in [6.07, 6.45) is 3.76. The van der Waals surface area contributed by atoms with Gasteiger partial charge in [-0.05, 0) is 25.2 Å². The van der Waals surface area contributed by atoms with Crippen LogP contribution in [-0.4, -0.2) is 47.7 Å². The highest BCUT2D eigenvalue weighted by atomic mass is 16.3. The Morgan fingerprint density at radius 3 is 3.00 bits per heavy atom. The van der Waals surface area contributed by atoms with Crippen LogP contribution in [-0.2, 0) is 4.79 Å². The van der Waals surface area contributed by atoms with Gasteiger partial charge in [-0.25, -0.2) is 0 Å². The average molecular weight is 226 g/mol.